The molecular weight excluding hydrogens is 330 g/mol. The van der Waals surface area contributed by atoms with Gasteiger partial charge in [-0.1, -0.05) is 23.7 Å². The smallest absolute Gasteiger partial charge is 0.258 e. The first-order valence-corrected chi connectivity index (χ1v) is 8.24. The van der Waals surface area contributed by atoms with E-state index in [-0.39, 0.29) is 5.91 Å². The highest BCUT2D eigenvalue weighted by Gasteiger charge is 2.26. The van der Waals surface area contributed by atoms with E-state index in [4.69, 9.17) is 25.8 Å². The van der Waals surface area contributed by atoms with Gasteiger partial charge in [-0.05, 0) is 24.3 Å². The molecule has 1 amide bonds. The summed E-state index contributed by atoms with van der Waals surface area (Å²) in [7, 11) is 0. The van der Waals surface area contributed by atoms with Crippen LogP contribution in [0.5, 0.6) is 17.2 Å². The van der Waals surface area contributed by atoms with Crippen molar-refractivity contribution in [3.05, 3.63) is 47.0 Å². The van der Waals surface area contributed by atoms with Gasteiger partial charge < -0.3 is 19.1 Å². The van der Waals surface area contributed by atoms with Gasteiger partial charge in [0.1, 0.15) is 12.4 Å². The van der Waals surface area contributed by atoms with Crippen molar-refractivity contribution in [2.24, 2.45) is 0 Å². The van der Waals surface area contributed by atoms with E-state index < -0.39 is 0 Å². The summed E-state index contributed by atoms with van der Waals surface area (Å²) in [6, 6.07) is 10.8. The van der Waals surface area contributed by atoms with E-state index >= 15 is 0 Å². The molecule has 2 aromatic rings. The Morgan fingerprint density at radius 2 is 1.79 bits per heavy atom. The topological polar surface area (TPSA) is 48.0 Å². The molecule has 0 aromatic heterocycles. The number of para-hydroxylation sites is 2. The van der Waals surface area contributed by atoms with Crippen molar-refractivity contribution >= 4 is 23.2 Å². The van der Waals surface area contributed by atoms with E-state index in [1.54, 1.807) is 17.0 Å². The van der Waals surface area contributed by atoms with E-state index in [2.05, 4.69) is 0 Å². The number of carbonyl (C=O) groups is 1. The molecule has 24 heavy (non-hydrogen) atoms. The van der Waals surface area contributed by atoms with Crippen LogP contribution in [0, 0.1) is 0 Å². The number of halogens is 1. The summed E-state index contributed by atoms with van der Waals surface area (Å²) in [6.45, 7) is 2.04. The monoisotopic (exact) mass is 345 g/mol. The quantitative estimate of drug-likeness (QED) is 0.793. The lowest BCUT2D eigenvalue weighted by Gasteiger charge is -2.29. The number of ether oxygens (including phenoxy) is 3. The highest BCUT2D eigenvalue weighted by atomic mass is 35.5. The van der Waals surface area contributed by atoms with Crippen LogP contribution in [0.1, 0.15) is 16.8 Å². The number of fused-ring (bicyclic) bond motifs is 2. The fourth-order valence-electron chi connectivity index (χ4n) is 2.89. The average Bonchev–Trinajstić information content (AvgIpc) is 2.86. The van der Waals surface area contributed by atoms with Gasteiger partial charge in [0.05, 0.1) is 30.5 Å². The molecule has 0 atom stereocenters. The molecule has 0 aliphatic carbocycles. The zero-order chi connectivity index (χ0) is 16.5. The second kappa shape index (κ2) is 6.24. The van der Waals surface area contributed by atoms with Crippen LogP contribution in [-0.2, 0) is 0 Å². The fraction of sp³-hybridized carbons (Fsp3) is 0.278. The molecule has 2 heterocycles. The lowest BCUT2D eigenvalue weighted by Crippen LogP contribution is -2.37. The number of carbonyl (C=O) groups excluding carboxylic acids is 1. The minimum absolute atomic E-state index is 0.136. The van der Waals surface area contributed by atoms with Crippen LogP contribution < -0.4 is 19.1 Å². The van der Waals surface area contributed by atoms with Crippen LogP contribution >= 0.6 is 11.6 Å². The van der Waals surface area contributed by atoms with Gasteiger partial charge >= 0.3 is 0 Å². The Balaban J connectivity index is 1.71. The first-order chi connectivity index (χ1) is 11.7. The number of amides is 1. The Labute approximate surface area is 144 Å². The van der Waals surface area contributed by atoms with E-state index in [0.717, 1.165) is 12.1 Å². The maximum atomic E-state index is 13.0. The van der Waals surface area contributed by atoms with Crippen molar-refractivity contribution in [2.75, 3.05) is 31.3 Å². The molecular formula is C18H16ClNO4. The molecule has 2 aliphatic rings. The summed E-state index contributed by atoms with van der Waals surface area (Å²) in [4.78, 5) is 14.7. The van der Waals surface area contributed by atoms with E-state index in [1.165, 1.54) is 0 Å². The Bertz CT molecular complexity index is 793. The first-order valence-electron chi connectivity index (χ1n) is 7.87. The van der Waals surface area contributed by atoms with E-state index in [1.807, 2.05) is 24.3 Å². The Morgan fingerprint density at radius 3 is 2.71 bits per heavy atom. The van der Waals surface area contributed by atoms with E-state index in [0.29, 0.717) is 54.2 Å². The summed E-state index contributed by atoms with van der Waals surface area (Å²) in [5, 5.41) is 0.388. The molecule has 5 nitrogen and oxygen atoms in total. The molecule has 2 aromatic carbocycles. The number of hydrogen-bond acceptors (Lipinski definition) is 4. The van der Waals surface area contributed by atoms with Crippen LogP contribution in [0.4, 0.5) is 5.69 Å². The molecule has 0 saturated carbocycles. The van der Waals surface area contributed by atoms with Gasteiger partial charge in [-0.25, -0.2) is 0 Å². The van der Waals surface area contributed by atoms with Crippen molar-refractivity contribution in [1.82, 2.24) is 0 Å². The third-order valence-electron chi connectivity index (χ3n) is 4.02. The third kappa shape index (κ3) is 2.65. The maximum absolute atomic E-state index is 13.0. The molecule has 0 saturated heterocycles. The number of nitrogens with zero attached hydrogens (tertiary/aromatic N) is 1. The summed E-state index contributed by atoms with van der Waals surface area (Å²) < 4.78 is 16.9. The lowest BCUT2D eigenvalue weighted by atomic mass is 10.1. The van der Waals surface area contributed by atoms with Crippen molar-refractivity contribution in [2.45, 2.75) is 6.42 Å². The molecule has 0 bridgehead atoms. The van der Waals surface area contributed by atoms with Gasteiger partial charge in [-0.15, -0.1) is 0 Å². The Kier molecular flexibility index (Phi) is 3.94. The third-order valence-corrected chi connectivity index (χ3v) is 4.30. The molecule has 0 fully saturated rings. The second-order valence-electron chi connectivity index (χ2n) is 5.61. The number of rotatable bonds is 1. The molecule has 0 unspecified atom stereocenters. The minimum atomic E-state index is -0.136. The summed E-state index contributed by atoms with van der Waals surface area (Å²) in [6.07, 6.45) is 0.783. The van der Waals surface area contributed by atoms with Crippen LogP contribution in [-0.4, -0.2) is 32.3 Å². The zero-order valence-corrected chi connectivity index (χ0v) is 13.7. The number of hydrogen-bond donors (Lipinski definition) is 0. The highest BCUT2D eigenvalue weighted by molar-refractivity contribution is 6.32. The van der Waals surface area contributed by atoms with Gasteiger partial charge in [0.2, 0.25) is 0 Å². The normalized spacial score (nSPS) is 16.0. The predicted octanol–water partition coefficient (Wildman–Crippen LogP) is 3.54. The van der Waals surface area contributed by atoms with Crippen molar-refractivity contribution in [3.8, 4) is 17.2 Å². The fourth-order valence-corrected chi connectivity index (χ4v) is 3.16. The molecule has 6 heteroatoms. The van der Waals surface area contributed by atoms with Gasteiger partial charge in [-0.3, -0.25) is 4.79 Å². The van der Waals surface area contributed by atoms with Crippen LogP contribution in [0.2, 0.25) is 5.02 Å². The van der Waals surface area contributed by atoms with Crippen LogP contribution in [0.3, 0.4) is 0 Å². The molecule has 124 valence electrons. The Morgan fingerprint density at radius 1 is 1.00 bits per heavy atom. The van der Waals surface area contributed by atoms with Crippen LogP contribution in [0.25, 0.3) is 0 Å². The summed E-state index contributed by atoms with van der Waals surface area (Å²) in [5.41, 5.74) is 1.23. The second-order valence-corrected chi connectivity index (χ2v) is 6.02. The Hall–Kier alpha value is -2.40. The van der Waals surface area contributed by atoms with Gasteiger partial charge in [0.25, 0.3) is 5.91 Å². The first kappa shape index (κ1) is 15.1. The minimum Gasteiger partial charge on any atom is -0.490 e. The summed E-state index contributed by atoms with van der Waals surface area (Å²) in [5.74, 6) is 1.60. The van der Waals surface area contributed by atoms with E-state index in [9.17, 15) is 4.79 Å². The summed E-state index contributed by atoms with van der Waals surface area (Å²) >= 11 is 6.30. The number of benzene rings is 2. The van der Waals surface area contributed by atoms with Crippen molar-refractivity contribution in [3.63, 3.8) is 0 Å². The standard InChI is InChI=1S/C18H16ClNO4/c19-13-10-12(11-16-17(13)24-8-3-7-22-16)18(21)20-6-9-23-15-5-2-1-4-14(15)20/h1-2,4-5,10-11H,3,6-9H2. The lowest BCUT2D eigenvalue weighted by molar-refractivity contribution is 0.0976. The average molecular weight is 346 g/mol. The molecule has 0 spiro atoms. The zero-order valence-electron chi connectivity index (χ0n) is 13.0. The molecule has 4 rings (SSSR count). The SMILES string of the molecule is O=C(c1cc(Cl)c2c(c1)OCCCO2)N1CCOc2ccccc21. The number of anilines is 1. The largest absolute Gasteiger partial charge is 0.490 e. The maximum Gasteiger partial charge on any atom is 0.258 e. The van der Waals surface area contributed by atoms with Gasteiger partial charge in [0.15, 0.2) is 11.5 Å². The van der Waals surface area contributed by atoms with Gasteiger partial charge in [0, 0.05) is 12.0 Å². The van der Waals surface area contributed by atoms with Crippen molar-refractivity contribution < 1.29 is 19.0 Å². The molecule has 0 radical (unpaired) electrons. The van der Waals surface area contributed by atoms with Gasteiger partial charge in [-0.2, -0.15) is 0 Å². The molecule has 2 aliphatic heterocycles. The van der Waals surface area contributed by atoms with Crippen molar-refractivity contribution in [1.29, 1.82) is 0 Å². The van der Waals surface area contributed by atoms with Crippen LogP contribution in [0.15, 0.2) is 36.4 Å². The highest BCUT2D eigenvalue weighted by Crippen LogP contribution is 2.39. The molecule has 0 N–H and O–H groups in total. The predicted molar refractivity (Wildman–Crippen MR) is 90.7 cm³/mol.